The van der Waals surface area contributed by atoms with Crippen molar-refractivity contribution >= 4 is 39.8 Å². The molecule has 29 heavy (non-hydrogen) atoms. The van der Waals surface area contributed by atoms with Crippen LogP contribution in [0.3, 0.4) is 0 Å². The largest absolute Gasteiger partial charge is 0.489 e. The van der Waals surface area contributed by atoms with Gasteiger partial charge in [0, 0.05) is 10.2 Å². The Morgan fingerprint density at radius 1 is 1.00 bits per heavy atom. The molecule has 0 aliphatic rings. The van der Waals surface area contributed by atoms with Crippen LogP contribution in [-0.4, -0.2) is 17.9 Å². The third-order valence-corrected chi connectivity index (χ3v) is 5.73. The van der Waals surface area contributed by atoms with E-state index in [0.717, 1.165) is 27.1 Å². The van der Waals surface area contributed by atoms with Crippen molar-refractivity contribution in [2.75, 3.05) is 5.75 Å². The van der Waals surface area contributed by atoms with Gasteiger partial charge in [-0.05, 0) is 47.0 Å². The zero-order valence-electron chi connectivity index (χ0n) is 15.8. The Bertz CT molecular complexity index is 947. The van der Waals surface area contributed by atoms with Crippen LogP contribution in [0.15, 0.2) is 88.4 Å². The van der Waals surface area contributed by atoms with Gasteiger partial charge in [-0.1, -0.05) is 64.5 Å². The summed E-state index contributed by atoms with van der Waals surface area (Å²) in [4.78, 5) is 11.9. The first-order chi connectivity index (χ1) is 14.2. The maximum atomic E-state index is 11.9. The summed E-state index contributed by atoms with van der Waals surface area (Å²) in [7, 11) is 0. The van der Waals surface area contributed by atoms with Gasteiger partial charge in [0.2, 0.25) is 5.91 Å². The number of nitrogens with one attached hydrogen (secondary N) is 1. The molecule has 0 aromatic heterocycles. The van der Waals surface area contributed by atoms with Crippen molar-refractivity contribution in [3.8, 4) is 5.75 Å². The van der Waals surface area contributed by atoms with E-state index in [1.54, 1.807) is 18.0 Å². The third kappa shape index (κ3) is 7.40. The molecule has 0 aliphatic carbocycles. The summed E-state index contributed by atoms with van der Waals surface area (Å²) in [5, 5.41) is 4.02. The fraction of sp³-hybridized carbons (Fsp3) is 0.130. The van der Waals surface area contributed by atoms with Gasteiger partial charge >= 0.3 is 0 Å². The van der Waals surface area contributed by atoms with Crippen LogP contribution < -0.4 is 10.2 Å². The molecular formula is C23H21BrN2O2S. The SMILES string of the molecule is O=C(CSCc1ccccc1Br)NN=Cc1ccc(OCc2ccccc2)cc1. The lowest BCUT2D eigenvalue weighted by Gasteiger charge is -2.06. The Labute approximate surface area is 183 Å². The summed E-state index contributed by atoms with van der Waals surface area (Å²) in [6.45, 7) is 0.529. The van der Waals surface area contributed by atoms with Crippen molar-refractivity contribution in [2.45, 2.75) is 12.4 Å². The number of hydrogen-bond acceptors (Lipinski definition) is 4. The van der Waals surface area contributed by atoms with Gasteiger partial charge in [-0.15, -0.1) is 11.8 Å². The highest BCUT2D eigenvalue weighted by Crippen LogP contribution is 2.21. The lowest BCUT2D eigenvalue weighted by Crippen LogP contribution is -2.19. The molecule has 1 N–H and O–H groups in total. The Kier molecular flexibility index (Phi) is 8.34. The highest BCUT2D eigenvalue weighted by atomic mass is 79.9. The number of rotatable bonds is 9. The molecule has 0 heterocycles. The summed E-state index contributed by atoms with van der Waals surface area (Å²) in [6, 6.07) is 25.6. The van der Waals surface area contributed by atoms with Gasteiger partial charge in [0.15, 0.2) is 0 Å². The Hall–Kier alpha value is -2.57. The number of amides is 1. The number of ether oxygens (including phenoxy) is 1. The predicted molar refractivity (Wildman–Crippen MR) is 123 cm³/mol. The van der Waals surface area contributed by atoms with Crippen molar-refractivity contribution in [2.24, 2.45) is 5.10 Å². The Morgan fingerprint density at radius 3 is 2.48 bits per heavy atom. The van der Waals surface area contributed by atoms with E-state index in [0.29, 0.717) is 12.4 Å². The number of carbonyl (C=O) groups is 1. The Balaban J connectivity index is 1.38. The fourth-order valence-corrected chi connectivity index (χ4v) is 3.91. The molecular weight excluding hydrogens is 448 g/mol. The maximum absolute atomic E-state index is 11.9. The summed E-state index contributed by atoms with van der Waals surface area (Å²) in [6.07, 6.45) is 1.62. The zero-order chi connectivity index (χ0) is 20.3. The van der Waals surface area contributed by atoms with Gasteiger partial charge in [0.05, 0.1) is 12.0 Å². The molecule has 4 nitrogen and oxygen atoms in total. The first-order valence-corrected chi connectivity index (χ1v) is 11.1. The summed E-state index contributed by atoms with van der Waals surface area (Å²) >= 11 is 5.06. The Morgan fingerprint density at radius 2 is 1.72 bits per heavy atom. The molecule has 1 amide bonds. The molecule has 3 aromatic rings. The summed E-state index contributed by atoms with van der Waals surface area (Å²) in [5.41, 5.74) is 5.74. The number of hydrazone groups is 1. The number of hydrogen-bond donors (Lipinski definition) is 1. The zero-order valence-corrected chi connectivity index (χ0v) is 18.2. The molecule has 0 aliphatic heterocycles. The van der Waals surface area contributed by atoms with Crippen molar-refractivity contribution < 1.29 is 9.53 Å². The number of thioether (sulfide) groups is 1. The van der Waals surface area contributed by atoms with E-state index in [1.165, 1.54) is 5.56 Å². The topological polar surface area (TPSA) is 50.7 Å². The first kappa shape index (κ1) is 21.1. The standard InChI is InChI=1S/C23H21BrN2O2S/c24-22-9-5-4-8-20(22)16-29-17-23(27)26-25-14-18-10-12-21(13-11-18)28-15-19-6-2-1-3-7-19/h1-14H,15-17H2,(H,26,27). The lowest BCUT2D eigenvalue weighted by atomic mass is 10.2. The number of nitrogens with zero attached hydrogens (tertiary/aromatic N) is 1. The molecule has 6 heteroatoms. The van der Waals surface area contributed by atoms with Crippen LogP contribution in [-0.2, 0) is 17.2 Å². The molecule has 0 atom stereocenters. The van der Waals surface area contributed by atoms with Crippen molar-refractivity contribution in [1.29, 1.82) is 0 Å². The van der Waals surface area contributed by atoms with Crippen LogP contribution >= 0.6 is 27.7 Å². The predicted octanol–water partition coefficient (Wildman–Crippen LogP) is 5.41. The van der Waals surface area contributed by atoms with Crippen molar-refractivity contribution in [3.05, 3.63) is 100 Å². The lowest BCUT2D eigenvalue weighted by molar-refractivity contribution is -0.118. The second-order valence-electron chi connectivity index (χ2n) is 6.22. The van der Waals surface area contributed by atoms with Crippen LogP contribution in [0.4, 0.5) is 0 Å². The van der Waals surface area contributed by atoms with Gasteiger partial charge in [-0.25, -0.2) is 5.43 Å². The quantitative estimate of drug-likeness (QED) is 0.337. The highest BCUT2D eigenvalue weighted by molar-refractivity contribution is 9.10. The maximum Gasteiger partial charge on any atom is 0.250 e. The van der Waals surface area contributed by atoms with E-state index in [2.05, 4.69) is 26.5 Å². The second-order valence-corrected chi connectivity index (χ2v) is 8.06. The highest BCUT2D eigenvalue weighted by Gasteiger charge is 2.03. The molecule has 0 unspecified atom stereocenters. The van der Waals surface area contributed by atoms with Crippen LogP contribution in [0.25, 0.3) is 0 Å². The molecule has 0 radical (unpaired) electrons. The third-order valence-electron chi connectivity index (χ3n) is 3.98. The van der Waals surface area contributed by atoms with E-state index < -0.39 is 0 Å². The van der Waals surface area contributed by atoms with Crippen LogP contribution in [0.2, 0.25) is 0 Å². The van der Waals surface area contributed by atoms with Crippen molar-refractivity contribution in [1.82, 2.24) is 5.43 Å². The molecule has 3 rings (SSSR count). The van der Waals surface area contributed by atoms with E-state index in [-0.39, 0.29) is 5.91 Å². The second kappa shape index (κ2) is 11.4. The summed E-state index contributed by atoms with van der Waals surface area (Å²) < 4.78 is 6.82. The number of benzene rings is 3. The average molecular weight is 469 g/mol. The van der Waals surface area contributed by atoms with Gasteiger partial charge in [-0.2, -0.15) is 5.10 Å². The van der Waals surface area contributed by atoms with Gasteiger partial charge in [-0.3, -0.25) is 4.79 Å². The monoisotopic (exact) mass is 468 g/mol. The minimum absolute atomic E-state index is 0.124. The van der Waals surface area contributed by atoms with Crippen LogP contribution in [0.1, 0.15) is 16.7 Å². The van der Waals surface area contributed by atoms with E-state index in [1.807, 2.05) is 78.9 Å². The average Bonchev–Trinajstić information content (AvgIpc) is 2.75. The van der Waals surface area contributed by atoms with E-state index in [9.17, 15) is 4.79 Å². The molecule has 0 spiro atoms. The van der Waals surface area contributed by atoms with Gasteiger partial charge in [0.1, 0.15) is 12.4 Å². The normalized spacial score (nSPS) is 10.8. The molecule has 0 bridgehead atoms. The summed E-state index contributed by atoms with van der Waals surface area (Å²) in [5.74, 6) is 1.79. The van der Waals surface area contributed by atoms with Crippen molar-refractivity contribution in [3.63, 3.8) is 0 Å². The van der Waals surface area contributed by atoms with Crippen LogP contribution in [0.5, 0.6) is 5.75 Å². The van der Waals surface area contributed by atoms with Gasteiger partial charge < -0.3 is 4.74 Å². The van der Waals surface area contributed by atoms with E-state index >= 15 is 0 Å². The first-order valence-electron chi connectivity index (χ1n) is 9.10. The van der Waals surface area contributed by atoms with Gasteiger partial charge in [0.25, 0.3) is 0 Å². The fourth-order valence-electron chi connectivity index (χ4n) is 2.47. The number of halogens is 1. The molecule has 0 fully saturated rings. The minimum Gasteiger partial charge on any atom is -0.489 e. The number of carbonyl (C=O) groups excluding carboxylic acids is 1. The van der Waals surface area contributed by atoms with E-state index in [4.69, 9.17) is 4.74 Å². The van der Waals surface area contributed by atoms with Crippen LogP contribution in [0, 0.1) is 0 Å². The smallest absolute Gasteiger partial charge is 0.250 e. The molecule has 3 aromatic carbocycles. The molecule has 148 valence electrons. The minimum atomic E-state index is -0.124. The molecule has 0 saturated heterocycles. The molecule has 0 saturated carbocycles.